The van der Waals surface area contributed by atoms with Crippen LogP contribution in [0.1, 0.15) is 50.4 Å². The summed E-state index contributed by atoms with van der Waals surface area (Å²) >= 11 is 0. The first-order chi connectivity index (χ1) is 7.47. The molecule has 16 heavy (non-hydrogen) atoms. The molecule has 1 aliphatic rings. The van der Waals surface area contributed by atoms with E-state index in [0.717, 1.165) is 13.0 Å². The average Bonchev–Trinajstić information content (AvgIpc) is 2.53. The van der Waals surface area contributed by atoms with Gasteiger partial charge in [-0.3, -0.25) is 0 Å². The zero-order valence-electron chi connectivity index (χ0n) is 10.5. The number of benzene rings is 1. The van der Waals surface area contributed by atoms with Crippen molar-refractivity contribution in [1.29, 1.82) is 0 Å². The molecule has 2 atom stereocenters. The van der Waals surface area contributed by atoms with Crippen molar-refractivity contribution < 1.29 is 0 Å². The first kappa shape index (κ1) is 11.6. The van der Waals surface area contributed by atoms with Gasteiger partial charge in [0, 0.05) is 18.6 Å². The highest BCUT2D eigenvalue weighted by molar-refractivity contribution is 5.37. The predicted octanol–water partition coefficient (Wildman–Crippen LogP) is 2.77. The van der Waals surface area contributed by atoms with Crippen LogP contribution in [0.5, 0.6) is 0 Å². The molecule has 0 spiro atoms. The summed E-state index contributed by atoms with van der Waals surface area (Å²) in [5.41, 5.74) is 9.16. The smallest absolute Gasteiger partial charge is 0.0341 e. The van der Waals surface area contributed by atoms with Crippen LogP contribution in [0.15, 0.2) is 24.3 Å². The maximum absolute atomic E-state index is 6.14. The van der Waals surface area contributed by atoms with E-state index in [-0.39, 0.29) is 6.04 Å². The highest BCUT2D eigenvalue weighted by Gasteiger charge is 2.28. The van der Waals surface area contributed by atoms with Crippen LogP contribution in [0.4, 0.5) is 0 Å². The summed E-state index contributed by atoms with van der Waals surface area (Å²) in [6.45, 7) is 7.78. The second kappa shape index (κ2) is 4.19. The Morgan fingerprint density at radius 1 is 1.25 bits per heavy atom. The molecule has 2 heteroatoms. The molecule has 0 amide bonds. The lowest BCUT2D eigenvalue weighted by Crippen LogP contribution is -2.29. The molecule has 0 aliphatic heterocycles. The molecule has 1 aromatic carbocycles. The van der Waals surface area contributed by atoms with Gasteiger partial charge in [0.2, 0.25) is 0 Å². The minimum Gasteiger partial charge on any atom is -0.324 e. The van der Waals surface area contributed by atoms with E-state index in [2.05, 4.69) is 50.4 Å². The van der Waals surface area contributed by atoms with Gasteiger partial charge in [-0.1, -0.05) is 45.0 Å². The zero-order valence-corrected chi connectivity index (χ0v) is 10.5. The van der Waals surface area contributed by atoms with Crippen LogP contribution in [0.25, 0.3) is 0 Å². The normalized spacial score (nSPS) is 24.5. The Bertz CT molecular complexity index is 365. The van der Waals surface area contributed by atoms with Crippen LogP contribution < -0.4 is 11.1 Å². The van der Waals surface area contributed by atoms with Crippen molar-refractivity contribution in [2.45, 2.75) is 39.3 Å². The number of nitrogens with two attached hydrogens (primary N) is 1. The van der Waals surface area contributed by atoms with E-state index in [1.165, 1.54) is 11.1 Å². The van der Waals surface area contributed by atoms with E-state index >= 15 is 0 Å². The van der Waals surface area contributed by atoms with Crippen molar-refractivity contribution in [3.63, 3.8) is 0 Å². The first-order valence-corrected chi connectivity index (χ1v) is 6.05. The lowest BCUT2D eigenvalue weighted by Gasteiger charge is -2.23. The first-order valence-electron chi connectivity index (χ1n) is 6.05. The number of hydrogen-bond donors (Lipinski definition) is 2. The van der Waals surface area contributed by atoms with Crippen LogP contribution >= 0.6 is 0 Å². The molecule has 0 bridgehead atoms. The Morgan fingerprint density at radius 3 is 2.50 bits per heavy atom. The third kappa shape index (κ3) is 2.45. The molecule has 2 rings (SSSR count). The molecule has 0 fully saturated rings. The quantitative estimate of drug-likeness (QED) is 0.801. The van der Waals surface area contributed by atoms with Gasteiger partial charge in [0.05, 0.1) is 0 Å². The molecule has 0 radical (unpaired) electrons. The summed E-state index contributed by atoms with van der Waals surface area (Å²) < 4.78 is 0. The minimum atomic E-state index is 0.202. The van der Waals surface area contributed by atoms with Gasteiger partial charge in [-0.05, 0) is 23.0 Å². The fourth-order valence-electron chi connectivity index (χ4n) is 2.30. The summed E-state index contributed by atoms with van der Waals surface area (Å²) in [6, 6.07) is 9.16. The Labute approximate surface area is 98.2 Å². The second-order valence-electron chi connectivity index (χ2n) is 5.97. The monoisotopic (exact) mass is 218 g/mol. The SMILES string of the molecule is CC(C)(C)CNC1CC(N)c2ccccc21. The van der Waals surface area contributed by atoms with E-state index < -0.39 is 0 Å². The average molecular weight is 218 g/mol. The topological polar surface area (TPSA) is 38.0 Å². The molecule has 0 heterocycles. The van der Waals surface area contributed by atoms with Crippen molar-refractivity contribution in [2.75, 3.05) is 6.54 Å². The van der Waals surface area contributed by atoms with Crippen LogP contribution in [0.2, 0.25) is 0 Å². The molecule has 2 nitrogen and oxygen atoms in total. The minimum absolute atomic E-state index is 0.202. The molecule has 88 valence electrons. The van der Waals surface area contributed by atoms with Gasteiger partial charge in [-0.2, -0.15) is 0 Å². The maximum Gasteiger partial charge on any atom is 0.0341 e. The summed E-state index contributed by atoms with van der Waals surface area (Å²) in [5.74, 6) is 0. The van der Waals surface area contributed by atoms with Crippen LogP contribution in [0, 0.1) is 5.41 Å². The van der Waals surface area contributed by atoms with E-state index in [1.807, 2.05) is 0 Å². The van der Waals surface area contributed by atoms with Crippen molar-refractivity contribution >= 4 is 0 Å². The van der Waals surface area contributed by atoms with Gasteiger partial charge in [-0.25, -0.2) is 0 Å². The standard InChI is InChI=1S/C14H22N2/c1-14(2,3)9-16-13-8-12(15)10-6-4-5-7-11(10)13/h4-7,12-13,16H,8-9,15H2,1-3H3. The van der Waals surface area contributed by atoms with Crippen LogP contribution in [-0.2, 0) is 0 Å². The summed E-state index contributed by atoms with van der Waals surface area (Å²) in [6.07, 6.45) is 1.02. The molecule has 0 saturated heterocycles. The molecule has 3 N–H and O–H groups in total. The van der Waals surface area contributed by atoms with E-state index in [4.69, 9.17) is 5.73 Å². The number of fused-ring (bicyclic) bond motifs is 1. The Balaban J connectivity index is 2.09. The second-order valence-corrected chi connectivity index (χ2v) is 5.97. The highest BCUT2D eigenvalue weighted by atomic mass is 14.9. The van der Waals surface area contributed by atoms with Crippen molar-refractivity contribution in [3.05, 3.63) is 35.4 Å². The molecular formula is C14H22N2. The van der Waals surface area contributed by atoms with Gasteiger partial charge in [0.1, 0.15) is 0 Å². The largest absolute Gasteiger partial charge is 0.324 e. The summed E-state index contributed by atoms with van der Waals surface area (Å²) in [7, 11) is 0. The lowest BCUT2D eigenvalue weighted by molar-refractivity contribution is 0.347. The van der Waals surface area contributed by atoms with E-state index in [9.17, 15) is 0 Å². The number of hydrogen-bond acceptors (Lipinski definition) is 2. The predicted molar refractivity (Wildman–Crippen MR) is 68.2 cm³/mol. The molecule has 2 unspecified atom stereocenters. The highest BCUT2D eigenvalue weighted by Crippen LogP contribution is 2.37. The Morgan fingerprint density at radius 2 is 1.88 bits per heavy atom. The molecule has 1 aliphatic carbocycles. The fraction of sp³-hybridized carbons (Fsp3) is 0.571. The third-order valence-corrected chi connectivity index (χ3v) is 3.14. The fourth-order valence-corrected chi connectivity index (χ4v) is 2.30. The van der Waals surface area contributed by atoms with Crippen molar-refractivity contribution in [1.82, 2.24) is 5.32 Å². The third-order valence-electron chi connectivity index (χ3n) is 3.14. The van der Waals surface area contributed by atoms with E-state index in [1.54, 1.807) is 0 Å². The Hall–Kier alpha value is -0.860. The van der Waals surface area contributed by atoms with Gasteiger partial charge in [0.25, 0.3) is 0 Å². The molecule has 0 aromatic heterocycles. The summed E-state index contributed by atoms with van der Waals surface area (Å²) in [5, 5.41) is 3.63. The van der Waals surface area contributed by atoms with Gasteiger partial charge < -0.3 is 11.1 Å². The molecular weight excluding hydrogens is 196 g/mol. The van der Waals surface area contributed by atoms with Gasteiger partial charge in [0.15, 0.2) is 0 Å². The summed E-state index contributed by atoms with van der Waals surface area (Å²) in [4.78, 5) is 0. The number of nitrogens with one attached hydrogen (secondary N) is 1. The van der Waals surface area contributed by atoms with Crippen molar-refractivity contribution in [3.8, 4) is 0 Å². The zero-order chi connectivity index (χ0) is 11.8. The Kier molecular flexibility index (Phi) is 3.04. The van der Waals surface area contributed by atoms with E-state index in [0.29, 0.717) is 11.5 Å². The van der Waals surface area contributed by atoms with Gasteiger partial charge in [-0.15, -0.1) is 0 Å². The van der Waals surface area contributed by atoms with Crippen LogP contribution in [0.3, 0.4) is 0 Å². The lowest BCUT2D eigenvalue weighted by atomic mass is 9.96. The number of rotatable bonds is 2. The molecule has 1 aromatic rings. The molecule has 0 saturated carbocycles. The maximum atomic E-state index is 6.14. The van der Waals surface area contributed by atoms with Crippen molar-refractivity contribution in [2.24, 2.45) is 11.1 Å². The van der Waals surface area contributed by atoms with Crippen LogP contribution in [-0.4, -0.2) is 6.54 Å². The van der Waals surface area contributed by atoms with Gasteiger partial charge >= 0.3 is 0 Å².